The molecule has 3 aromatic rings. The van der Waals surface area contributed by atoms with Crippen LogP contribution in [-0.4, -0.2) is 46.0 Å². The number of nitro groups is 1. The van der Waals surface area contributed by atoms with Gasteiger partial charge in [-0.3, -0.25) is 19.5 Å². The van der Waals surface area contributed by atoms with Crippen molar-refractivity contribution in [2.45, 2.75) is 11.3 Å². The Hall–Kier alpha value is -3.28. The van der Waals surface area contributed by atoms with E-state index in [4.69, 9.17) is 4.74 Å². The number of halogens is 3. The number of ether oxygens (including phenoxy) is 1. The van der Waals surface area contributed by atoms with Crippen molar-refractivity contribution >= 4 is 34.4 Å². The minimum atomic E-state index is -4.51. The summed E-state index contributed by atoms with van der Waals surface area (Å²) in [5.41, 5.74) is 1.22. The molecular formula is C18H15F3N4O4S. The molecule has 0 aliphatic heterocycles. The predicted octanol–water partition coefficient (Wildman–Crippen LogP) is 3.71. The standard InChI is InChI=1S/C18H15F3N4O4S/c1-29-15-5-3-2-4-14(15)24-13-7-6-11(25(27)28)8-12(13)23-17(24)30-9-16(26)22-10-18(19,20)21/h2-8H,9-10H2,1H3,(H,22,26). The number of non-ortho nitro benzene ring substituents is 1. The van der Waals surface area contributed by atoms with Gasteiger partial charge in [0.1, 0.15) is 12.3 Å². The van der Waals surface area contributed by atoms with Crippen LogP contribution in [0, 0.1) is 10.1 Å². The summed E-state index contributed by atoms with van der Waals surface area (Å²) in [4.78, 5) is 26.7. The first-order chi connectivity index (χ1) is 14.2. The maximum absolute atomic E-state index is 12.3. The Labute approximate surface area is 172 Å². The smallest absolute Gasteiger partial charge is 0.405 e. The summed E-state index contributed by atoms with van der Waals surface area (Å²) in [5.74, 6) is -0.656. The number of hydrogen-bond donors (Lipinski definition) is 1. The largest absolute Gasteiger partial charge is 0.495 e. The fourth-order valence-electron chi connectivity index (χ4n) is 2.68. The Morgan fingerprint density at radius 1 is 1.30 bits per heavy atom. The molecule has 8 nitrogen and oxygen atoms in total. The van der Waals surface area contributed by atoms with E-state index in [9.17, 15) is 28.1 Å². The lowest BCUT2D eigenvalue weighted by Crippen LogP contribution is -2.34. The molecule has 0 saturated carbocycles. The molecule has 3 rings (SSSR count). The monoisotopic (exact) mass is 440 g/mol. The Balaban J connectivity index is 1.99. The van der Waals surface area contributed by atoms with Gasteiger partial charge in [0, 0.05) is 12.1 Å². The van der Waals surface area contributed by atoms with E-state index in [0.29, 0.717) is 22.5 Å². The molecule has 0 bridgehead atoms. The van der Waals surface area contributed by atoms with E-state index < -0.39 is 23.6 Å². The van der Waals surface area contributed by atoms with Crippen LogP contribution in [-0.2, 0) is 4.79 Å². The van der Waals surface area contributed by atoms with Gasteiger partial charge in [-0.1, -0.05) is 23.9 Å². The quantitative estimate of drug-likeness (QED) is 0.342. The van der Waals surface area contributed by atoms with Crippen LogP contribution in [0.15, 0.2) is 47.6 Å². The van der Waals surface area contributed by atoms with Crippen molar-refractivity contribution in [1.82, 2.24) is 14.9 Å². The van der Waals surface area contributed by atoms with Crippen LogP contribution in [0.4, 0.5) is 18.9 Å². The SMILES string of the molecule is COc1ccccc1-n1c(SCC(=O)NCC(F)(F)F)nc2cc([N+](=O)[O-])ccc21. The summed E-state index contributed by atoms with van der Waals surface area (Å²) in [6.07, 6.45) is -4.51. The Morgan fingerprint density at radius 2 is 2.03 bits per heavy atom. The lowest BCUT2D eigenvalue weighted by Gasteiger charge is -2.13. The lowest BCUT2D eigenvalue weighted by atomic mass is 10.2. The lowest BCUT2D eigenvalue weighted by molar-refractivity contribution is -0.384. The van der Waals surface area contributed by atoms with Gasteiger partial charge in [0.15, 0.2) is 5.16 Å². The first-order valence-corrected chi connectivity index (χ1v) is 9.44. The number of nitrogens with zero attached hydrogens (tertiary/aromatic N) is 3. The van der Waals surface area contributed by atoms with Gasteiger partial charge in [0.05, 0.1) is 34.5 Å². The van der Waals surface area contributed by atoms with Crippen LogP contribution in [0.3, 0.4) is 0 Å². The van der Waals surface area contributed by atoms with E-state index in [0.717, 1.165) is 11.8 Å². The molecule has 30 heavy (non-hydrogen) atoms. The molecule has 0 radical (unpaired) electrons. The molecule has 0 unspecified atom stereocenters. The number of thioether (sulfide) groups is 1. The molecule has 1 amide bonds. The van der Waals surface area contributed by atoms with E-state index in [-0.39, 0.29) is 16.6 Å². The van der Waals surface area contributed by atoms with E-state index in [2.05, 4.69) is 4.98 Å². The molecule has 1 heterocycles. The minimum Gasteiger partial charge on any atom is -0.495 e. The van der Waals surface area contributed by atoms with Gasteiger partial charge in [0.25, 0.3) is 5.69 Å². The number of benzene rings is 2. The van der Waals surface area contributed by atoms with Crippen LogP contribution in [0.1, 0.15) is 0 Å². The molecular weight excluding hydrogens is 425 g/mol. The summed E-state index contributed by atoms with van der Waals surface area (Å²) in [7, 11) is 1.47. The summed E-state index contributed by atoms with van der Waals surface area (Å²) in [5, 5.41) is 13.1. The molecule has 1 aromatic heterocycles. The summed E-state index contributed by atoms with van der Waals surface area (Å²) >= 11 is 0.907. The average Bonchev–Trinajstić information content (AvgIpc) is 3.07. The number of alkyl halides is 3. The number of carbonyl (C=O) groups is 1. The van der Waals surface area contributed by atoms with E-state index in [1.54, 1.807) is 34.1 Å². The number of methoxy groups -OCH3 is 1. The van der Waals surface area contributed by atoms with Crippen molar-refractivity contribution < 1.29 is 27.6 Å². The number of carbonyl (C=O) groups excluding carboxylic acids is 1. The van der Waals surface area contributed by atoms with Crippen molar-refractivity contribution in [3.8, 4) is 11.4 Å². The van der Waals surface area contributed by atoms with E-state index in [1.165, 1.54) is 25.3 Å². The highest BCUT2D eigenvalue weighted by Gasteiger charge is 2.28. The Morgan fingerprint density at radius 3 is 2.70 bits per heavy atom. The number of rotatable bonds is 7. The molecule has 0 spiro atoms. The van der Waals surface area contributed by atoms with Crippen LogP contribution < -0.4 is 10.1 Å². The van der Waals surface area contributed by atoms with Gasteiger partial charge >= 0.3 is 6.18 Å². The maximum Gasteiger partial charge on any atom is 0.405 e. The third-order valence-electron chi connectivity index (χ3n) is 3.96. The first-order valence-electron chi connectivity index (χ1n) is 8.46. The third-order valence-corrected chi connectivity index (χ3v) is 4.90. The highest BCUT2D eigenvalue weighted by Crippen LogP contribution is 2.33. The Bertz CT molecular complexity index is 1100. The third kappa shape index (κ3) is 4.82. The van der Waals surface area contributed by atoms with Crippen molar-refractivity contribution in [3.63, 3.8) is 0 Å². The molecule has 1 N–H and O–H groups in total. The number of amides is 1. The molecule has 0 aliphatic rings. The number of fused-ring (bicyclic) bond motifs is 1. The zero-order valence-electron chi connectivity index (χ0n) is 15.5. The number of hydrogen-bond acceptors (Lipinski definition) is 6. The second-order valence-electron chi connectivity index (χ2n) is 6.01. The number of nitrogens with one attached hydrogen (secondary N) is 1. The molecule has 2 aromatic carbocycles. The molecule has 0 aliphatic carbocycles. The summed E-state index contributed by atoms with van der Waals surface area (Å²) < 4.78 is 43.9. The number of imidazole rings is 1. The number of nitro benzene ring substituents is 1. The van der Waals surface area contributed by atoms with Gasteiger partial charge in [-0.2, -0.15) is 13.2 Å². The molecule has 0 atom stereocenters. The molecule has 0 saturated heterocycles. The fourth-order valence-corrected chi connectivity index (χ4v) is 3.54. The average molecular weight is 440 g/mol. The zero-order valence-corrected chi connectivity index (χ0v) is 16.3. The summed E-state index contributed by atoms with van der Waals surface area (Å²) in [6, 6.07) is 11.1. The number of aromatic nitrogens is 2. The fraction of sp³-hybridized carbons (Fsp3) is 0.222. The van der Waals surface area contributed by atoms with Crippen molar-refractivity contribution in [2.24, 2.45) is 0 Å². The van der Waals surface area contributed by atoms with E-state index >= 15 is 0 Å². The van der Waals surface area contributed by atoms with Gasteiger partial charge in [-0.25, -0.2) is 4.98 Å². The van der Waals surface area contributed by atoms with Crippen LogP contribution in [0.5, 0.6) is 5.75 Å². The predicted molar refractivity (Wildman–Crippen MR) is 104 cm³/mol. The van der Waals surface area contributed by atoms with Crippen molar-refractivity contribution in [3.05, 3.63) is 52.6 Å². The van der Waals surface area contributed by atoms with Gasteiger partial charge in [0.2, 0.25) is 5.91 Å². The Kier molecular flexibility index (Phi) is 6.15. The van der Waals surface area contributed by atoms with Crippen molar-refractivity contribution in [1.29, 1.82) is 0 Å². The highest BCUT2D eigenvalue weighted by atomic mass is 32.2. The van der Waals surface area contributed by atoms with Crippen LogP contribution in [0.25, 0.3) is 16.7 Å². The van der Waals surface area contributed by atoms with Gasteiger partial charge in [-0.05, 0) is 18.2 Å². The van der Waals surface area contributed by atoms with Crippen LogP contribution >= 0.6 is 11.8 Å². The highest BCUT2D eigenvalue weighted by molar-refractivity contribution is 7.99. The second-order valence-corrected chi connectivity index (χ2v) is 6.95. The van der Waals surface area contributed by atoms with Gasteiger partial charge < -0.3 is 10.1 Å². The second kappa shape index (κ2) is 8.61. The summed E-state index contributed by atoms with van der Waals surface area (Å²) in [6.45, 7) is -1.43. The normalized spacial score (nSPS) is 11.5. The van der Waals surface area contributed by atoms with Gasteiger partial charge in [-0.15, -0.1) is 0 Å². The van der Waals surface area contributed by atoms with Crippen molar-refractivity contribution in [2.75, 3.05) is 19.4 Å². The van der Waals surface area contributed by atoms with E-state index in [1.807, 2.05) is 0 Å². The maximum atomic E-state index is 12.3. The minimum absolute atomic E-state index is 0.161. The first kappa shape index (κ1) is 21.4. The topological polar surface area (TPSA) is 99.3 Å². The molecule has 0 fully saturated rings. The molecule has 12 heteroatoms. The zero-order chi connectivity index (χ0) is 21.9. The molecule has 158 valence electrons. The van der Waals surface area contributed by atoms with Crippen LogP contribution in [0.2, 0.25) is 0 Å². The number of para-hydroxylation sites is 2.